The summed E-state index contributed by atoms with van der Waals surface area (Å²) in [6.45, 7) is 0.878. The molecule has 1 aliphatic rings. The lowest BCUT2D eigenvalue weighted by molar-refractivity contribution is -0.137. The van der Waals surface area contributed by atoms with Crippen molar-refractivity contribution in [3.8, 4) is 11.3 Å². The van der Waals surface area contributed by atoms with Gasteiger partial charge in [0, 0.05) is 12.1 Å². The number of hydrogen-bond donors (Lipinski definition) is 2. The number of alkyl halides is 3. The third-order valence-corrected chi connectivity index (χ3v) is 5.09. The highest BCUT2D eigenvalue weighted by Crippen LogP contribution is 2.29. The van der Waals surface area contributed by atoms with Gasteiger partial charge in [0.2, 0.25) is 0 Å². The van der Waals surface area contributed by atoms with Crippen LogP contribution < -0.4 is 5.32 Å². The van der Waals surface area contributed by atoms with Crippen LogP contribution in [0.5, 0.6) is 0 Å². The zero-order chi connectivity index (χ0) is 21.1. The number of aliphatic hydroxyl groups is 1. The number of rotatable bonds is 6. The van der Waals surface area contributed by atoms with Crippen molar-refractivity contribution in [1.29, 1.82) is 0 Å². The summed E-state index contributed by atoms with van der Waals surface area (Å²) in [5.41, 5.74) is 1.69. The average molecular weight is 418 g/mol. The smallest absolute Gasteiger partial charge is 0.389 e. The summed E-state index contributed by atoms with van der Waals surface area (Å²) < 4.78 is 45.4. The fraction of sp³-hybridized carbons (Fsp3) is 0.333. The SMILES string of the molecule is O[C@H]1CO[C@H](Cn2cc(-c3ccccc3)nn2)[C@@H]1NCc1ccc(C(F)(F)F)cc1. The van der Waals surface area contributed by atoms with Crippen molar-refractivity contribution >= 4 is 0 Å². The van der Waals surface area contributed by atoms with Gasteiger partial charge in [-0.15, -0.1) is 5.10 Å². The third kappa shape index (κ3) is 4.69. The minimum Gasteiger partial charge on any atom is -0.389 e. The van der Waals surface area contributed by atoms with E-state index in [1.807, 2.05) is 36.5 Å². The van der Waals surface area contributed by atoms with Gasteiger partial charge in [0.05, 0.1) is 43.2 Å². The van der Waals surface area contributed by atoms with Gasteiger partial charge in [0.15, 0.2) is 0 Å². The van der Waals surface area contributed by atoms with Crippen molar-refractivity contribution in [3.05, 3.63) is 71.9 Å². The van der Waals surface area contributed by atoms with Crippen LogP contribution in [-0.4, -0.2) is 45.0 Å². The molecular formula is C21H21F3N4O2. The van der Waals surface area contributed by atoms with E-state index >= 15 is 0 Å². The predicted octanol–water partition coefficient (Wildman–Crippen LogP) is 2.88. The van der Waals surface area contributed by atoms with Gasteiger partial charge < -0.3 is 15.2 Å². The quantitative estimate of drug-likeness (QED) is 0.644. The summed E-state index contributed by atoms with van der Waals surface area (Å²) in [4.78, 5) is 0. The molecule has 4 rings (SSSR count). The van der Waals surface area contributed by atoms with Gasteiger partial charge in [0.25, 0.3) is 0 Å². The molecule has 0 spiro atoms. The number of nitrogens with one attached hydrogen (secondary N) is 1. The summed E-state index contributed by atoms with van der Waals surface area (Å²) >= 11 is 0. The maximum Gasteiger partial charge on any atom is 0.416 e. The molecule has 2 aromatic carbocycles. The Morgan fingerprint density at radius 1 is 1.10 bits per heavy atom. The molecule has 2 N–H and O–H groups in total. The molecule has 0 aliphatic carbocycles. The monoisotopic (exact) mass is 418 g/mol. The second-order valence-corrected chi connectivity index (χ2v) is 7.23. The lowest BCUT2D eigenvalue weighted by Crippen LogP contribution is -2.45. The van der Waals surface area contributed by atoms with E-state index in [0.717, 1.165) is 23.4 Å². The third-order valence-electron chi connectivity index (χ3n) is 5.09. The second-order valence-electron chi connectivity index (χ2n) is 7.23. The summed E-state index contributed by atoms with van der Waals surface area (Å²) in [6, 6.07) is 14.2. The number of nitrogens with zero attached hydrogens (tertiary/aromatic N) is 3. The zero-order valence-electron chi connectivity index (χ0n) is 16.0. The Bertz CT molecular complexity index is 960. The normalized spacial score (nSPS) is 21.8. The lowest BCUT2D eigenvalue weighted by Gasteiger charge is -2.22. The number of hydrogen-bond acceptors (Lipinski definition) is 5. The van der Waals surface area contributed by atoms with E-state index in [4.69, 9.17) is 4.74 Å². The Morgan fingerprint density at radius 3 is 2.53 bits per heavy atom. The van der Waals surface area contributed by atoms with Crippen molar-refractivity contribution in [3.63, 3.8) is 0 Å². The zero-order valence-corrected chi connectivity index (χ0v) is 16.0. The molecule has 1 fully saturated rings. The molecule has 30 heavy (non-hydrogen) atoms. The Morgan fingerprint density at radius 2 is 1.83 bits per heavy atom. The molecule has 0 unspecified atom stereocenters. The molecule has 0 amide bonds. The van der Waals surface area contributed by atoms with Crippen LogP contribution in [-0.2, 0) is 24.0 Å². The summed E-state index contributed by atoms with van der Waals surface area (Å²) in [5, 5.41) is 21.8. The molecule has 0 radical (unpaired) electrons. The van der Waals surface area contributed by atoms with Gasteiger partial charge in [-0.2, -0.15) is 13.2 Å². The van der Waals surface area contributed by atoms with Crippen molar-refractivity contribution < 1.29 is 23.0 Å². The fourth-order valence-electron chi connectivity index (χ4n) is 3.47. The van der Waals surface area contributed by atoms with Crippen molar-refractivity contribution in [1.82, 2.24) is 20.3 Å². The minimum absolute atomic E-state index is 0.176. The molecule has 3 aromatic rings. The summed E-state index contributed by atoms with van der Waals surface area (Å²) in [5.74, 6) is 0. The first-order chi connectivity index (χ1) is 14.4. The Balaban J connectivity index is 1.38. The van der Waals surface area contributed by atoms with E-state index in [-0.39, 0.29) is 18.8 Å². The van der Waals surface area contributed by atoms with E-state index in [1.54, 1.807) is 4.68 Å². The van der Waals surface area contributed by atoms with E-state index in [9.17, 15) is 18.3 Å². The largest absolute Gasteiger partial charge is 0.416 e. The molecule has 0 bridgehead atoms. The first kappa shape index (κ1) is 20.5. The number of aromatic nitrogens is 3. The molecule has 1 saturated heterocycles. The first-order valence-electron chi connectivity index (χ1n) is 9.55. The van der Waals surface area contributed by atoms with Gasteiger partial charge in [-0.3, -0.25) is 0 Å². The van der Waals surface area contributed by atoms with Gasteiger partial charge in [-0.1, -0.05) is 47.7 Å². The Labute approximate surface area is 171 Å². The molecule has 158 valence electrons. The van der Waals surface area contributed by atoms with Crippen LogP contribution in [0.1, 0.15) is 11.1 Å². The van der Waals surface area contributed by atoms with E-state index < -0.39 is 17.8 Å². The lowest BCUT2D eigenvalue weighted by atomic mass is 10.1. The fourth-order valence-corrected chi connectivity index (χ4v) is 3.47. The van der Waals surface area contributed by atoms with Crippen LogP contribution in [0.25, 0.3) is 11.3 Å². The molecule has 6 nitrogen and oxygen atoms in total. The average Bonchev–Trinajstić information content (AvgIpc) is 3.34. The maximum absolute atomic E-state index is 12.7. The van der Waals surface area contributed by atoms with Crippen molar-refractivity contribution in [2.24, 2.45) is 0 Å². The highest BCUT2D eigenvalue weighted by atomic mass is 19.4. The highest BCUT2D eigenvalue weighted by Gasteiger charge is 2.36. The Kier molecular flexibility index (Phi) is 5.85. The van der Waals surface area contributed by atoms with Gasteiger partial charge in [-0.25, -0.2) is 4.68 Å². The molecule has 2 heterocycles. The van der Waals surface area contributed by atoms with Gasteiger partial charge >= 0.3 is 6.18 Å². The highest BCUT2D eigenvalue weighted by molar-refractivity contribution is 5.57. The minimum atomic E-state index is -4.36. The number of ether oxygens (including phenoxy) is 1. The summed E-state index contributed by atoms with van der Waals surface area (Å²) in [7, 11) is 0. The molecule has 0 saturated carbocycles. The van der Waals surface area contributed by atoms with Crippen LogP contribution in [0.2, 0.25) is 0 Å². The van der Waals surface area contributed by atoms with E-state index in [1.165, 1.54) is 12.1 Å². The van der Waals surface area contributed by atoms with Crippen LogP contribution in [0.3, 0.4) is 0 Å². The van der Waals surface area contributed by atoms with Crippen LogP contribution in [0.15, 0.2) is 60.8 Å². The Hall–Kier alpha value is -2.75. The predicted molar refractivity (Wildman–Crippen MR) is 103 cm³/mol. The van der Waals surface area contributed by atoms with Crippen molar-refractivity contribution in [2.45, 2.75) is 37.5 Å². The topological polar surface area (TPSA) is 72.2 Å². The molecular weight excluding hydrogens is 397 g/mol. The molecule has 9 heteroatoms. The van der Waals surface area contributed by atoms with Crippen molar-refractivity contribution in [2.75, 3.05) is 6.61 Å². The molecule has 3 atom stereocenters. The summed E-state index contributed by atoms with van der Waals surface area (Å²) in [6.07, 6.45) is -3.61. The first-order valence-corrected chi connectivity index (χ1v) is 9.55. The number of halogens is 3. The maximum atomic E-state index is 12.7. The van der Waals surface area contributed by atoms with E-state index in [2.05, 4.69) is 15.6 Å². The van der Waals surface area contributed by atoms with Crippen LogP contribution in [0, 0.1) is 0 Å². The number of benzene rings is 2. The number of aliphatic hydroxyl groups excluding tert-OH is 1. The molecule has 1 aromatic heterocycles. The second kappa shape index (κ2) is 8.55. The van der Waals surface area contributed by atoms with Gasteiger partial charge in [0.1, 0.15) is 5.69 Å². The van der Waals surface area contributed by atoms with Gasteiger partial charge in [-0.05, 0) is 17.7 Å². The van der Waals surface area contributed by atoms with Crippen LogP contribution >= 0.6 is 0 Å². The standard InChI is InChI=1S/C21H21F3N4O2/c22-21(23,24)16-8-6-14(7-9-16)10-25-20-18(29)13-30-19(20)12-28-11-17(26-27-28)15-4-2-1-3-5-15/h1-9,11,18-20,25,29H,10,12-13H2/t18-,19+,20+/m0/s1. The van der Waals surface area contributed by atoms with E-state index in [0.29, 0.717) is 18.7 Å². The molecule has 1 aliphatic heterocycles. The van der Waals surface area contributed by atoms with Crippen LogP contribution in [0.4, 0.5) is 13.2 Å².